The Balaban J connectivity index is 2.52. The molecule has 0 saturated heterocycles. The molecule has 2 N–H and O–H groups in total. The minimum absolute atomic E-state index is 0.422. The van der Waals surface area contributed by atoms with E-state index in [2.05, 4.69) is 31.2 Å². The third kappa shape index (κ3) is 4.78. The summed E-state index contributed by atoms with van der Waals surface area (Å²) < 4.78 is 1.98. The number of nitrogens with one attached hydrogen (secondary N) is 1. The molecule has 18 heavy (non-hydrogen) atoms. The van der Waals surface area contributed by atoms with Gasteiger partial charge in [-0.15, -0.1) is 0 Å². The fraction of sp³-hybridized carbons (Fsp3) is 0.786. The van der Waals surface area contributed by atoms with Crippen LogP contribution in [0.15, 0.2) is 12.3 Å². The van der Waals surface area contributed by atoms with Crippen LogP contribution in [0.5, 0.6) is 0 Å². The Hall–Kier alpha value is -0.870. The molecule has 0 aliphatic carbocycles. The minimum Gasteiger partial charge on any atom is -0.390 e. The molecule has 0 amide bonds. The maximum atomic E-state index is 10.3. The third-order valence-electron chi connectivity index (χ3n) is 3.36. The van der Waals surface area contributed by atoms with Crippen molar-refractivity contribution in [3.05, 3.63) is 18.0 Å². The fourth-order valence-electron chi connectivity index (χ4n) is 1.92. The molecule has 1 aromatic heterocycles. The van der Waals surface area contributed by atoms with E-state index in [0.717, 1.165) is 31.6 Å². The van der Waals surface area contributed by atoms with E-state index in [0.29, 0.717) is 12.5 Å². The number of aromatic nitrogens is 2. The standard InChI is InChI=1S/C14H27N3O/c1-5-12(3)17-10-7-13(16-17)11-14(4,18)8-9-15-6-2/h7,10,12,15,18H,5-6,8-9,11H2,1-4H3. The van der Waals surface area contributed by atoms with E-state index < -0.39 is 5.60 Å². The van der Waals surface area contributed by atoms with Crippen molar-refractivity contribution in [1.82, 2.24) is 15.1 Å². The molecule has 0 aliphatic heterocycles. The zero-order valence-corrected chi connectivity index (χ0v) is 12.1. The Morgan fingerprint density at radius 3 is 2.83 bits per heavy atom. The van der Waals surface area contributed by atoms with Gasteiger partial charge in [0.05, 0.1) is 11.3 Å². The Morgan fingerprint density at radius 2 is 2.22 bits per heavy atom. The van der Waals surface area contributed by atoms with Crippen molar-refractivity contribution in [1.29, 1.82) is 0 Å². The topological polar surface area (TPSA) is 50.1 Å². The van der Waals surface area contributed by atoms with Gasteiger partial charge in [-0.25, -0.2) is 0 Å². The van der Waals surface area contributed by atoms with Crippen molar-refractivity contribution in [3.63, 3.8) is 0 Å². The van der Waals surface area contributed by atoms with E-state index in [4.69, 9.17) is 0 Å². The molecule has 4 heteroatoms. The molecule has 2 unspecified atom stereocenters. The Kier molecular flexibility index (Phi) is 5.82. The molecule has 0 aromatic carbocycles. The minimum atomic E-state index is -0.684. The lowest BCUT2D eigenvalue weighted by atomic mass is 9.96. The van der Waals surface area contributed by atoms with Crippen LogP contribution in [-0.4, -0.2) is 33.6 Å². The Bertz CT molecular complexity index is 347. The fourth-order valence-corrected chi connectivity index (χ4v) is 1.92. The van der Waals surface area contributed by atoms with E-state index in [1.807, 2.05) is 23.9 Å². The average Bonchev–Trinajstić information content (AvgIpc) is 2.75. The van der Waals surface area contributed by atoms with E-state index in [1.165, 1.54) is 0 Å². The van der Waals surface area contributed by atoms with Gasteiger partial charge < -0.3 is 10.4 Å². The van der Waals surface area contributed by atoms with Gasteiger partial charge in [0.2, 0.25) is 0 Å². The summed E-state index contributed by atoms with van der Waals surface area (Å²) in [5, 5.41) is 18.1. The first-order chi connectivity index (χ1) is 8.48. The first-order valence-corrected chi connectivity index (χ1v) is 6.95. The normalized spacial score (nSPS) is 16.5. The molecule has 0 radical (unpaired) electrons. The Morgan fingerprint density at radius 1 is 1.50 bits per heavy atom. The van der Waals surface area contributed by atoms with Crippen LogP contribution in [0.25, 0.3) is 0 Å². The summed E-state index contributed by atoms with van der Waals surface area (Å²) >= 11 is 0. The van der Waals surface area contributed by atoms with Crippen LogP contribution in [0.2, 0.25) is 0 Å². The lowest BCUT2D eigenvalue weighted by Crippen LogP contribution is -2.32. The van der Waals surface area contributed by atoms with Crippen molar-refractivity contribution in [3.8, 4) is 0 Å². The molecule has 1 heterocycles. The number of rotatable bonds is 8. The summed E-state index contributed by atoms with van der Waals surface area (Å²) in [5.41, 5.74) is 0.286. The van der Waals surface area contributed by atoms with Gasteiger partial charge in [-0.3, -0.25) is 4.68 Å². The third-order valence-corrected chi connectivity index (χ3v) is 3.36. The molecule has 1 aromatic rings. The van der Waals surface area contributed by atoms with Gasteiger partial charge in [-0.05, 0) is 45.8 Å². The zero-order valence-electron chi connectivity index (χ0n) is 12.1. The molecule has 2 atom stereocenters. The maximum absolute atomic E-state index is 10.3. The summed E-state index contributed by atoms with van der Waals surface area (Å²) in [6.07, 6.45) is 4.43. The predicted octanol–water partition coefficient (Wildman–Crippen LogP) is 2.15. The van der Waals surface area contributed by atoms with E-state index >= 15 is 0 Å². The largest absolute Gasteiger partial charge is 0.390 e. The second kappa shape index (κ2) is 6.90. The molecule has 0 fully saturated rings. The lowest BCUT2D eigenvalue weighted by Gasteiger charge is -2.22. The van der Waals surface area contributed by atoms with Crippen LogP contribution in [0.3, 0.4) is 0 Å². The predicted molar refractivity (Wildman–Crippen MR) is 74.7 cm³/mol. The second-order valence-electron chi connectivity index (χ2n) is 5.32. The molecule has 0 spiro atoms. The van der Waals surface area contributed by atoms with Crippen LogP contribution in [0.4, 0.5) is 0 Å². The summed E-state index contributed by atoms with van der Waals surface area (Å²) in [7, 11) is 0. The highest BCUT2D eigenvalue weighted by Gasteiger charge is 2.21. The zero-order chi connectivity index (χ0) is 13.6. The van der Waals surface area contributed by atoms with Crippen LogP contribution < -0.4 is 5.32 Å². The summed E-state index contributed by atoms with van der Waals surface area (Å²) in [6, 6.07) is 2.43. The van der Waals surface area contributed by atoms with E-state index in [-0.39, 0.29) is 0 Å². The monoisotopic (exact) mass is 253 g/mol. The summed E-state index contributed by atoms with van der Waals surface area (Å²) in [4.78, 5) is 0. The van der Waals surface area contributed by atoms with Gasteiger partial charge in [-0.1, -0.05) is 13.8 Å². The molecular formula is C14H27N3O. The number of hydrogen-bond acceptors (Lipinski definition) is 3. The number of nitrogens with zero attached hydrogens (tertiary/aromatic N) is 2. The van der Waals surface area contributed by atoms with Gasteiger partial charge >= 0.3 is 0 Å². The van der Waals surface area contributed by atoms with Crippen LogP contribution in [0.1, 0.15) is 52.3 Å². The quantitative estimate of drug-likeness (QED) is 0.698. The molecule has 4 nitrogen and oxygen atoms in total. The van der Waals surface area contributed by atoms with Crippen molar-refractivity contribution < 1.29 is 5.11 Å². The average molecular weight is 253 g/mol. The van der Waals surface area contributed by atoms with Gasteiger partial charge in [0.25, 0.3) is 0 Å². The van der Waals surface area contributed by atoms with Crippen LogP contribution >= 0.6 is 0 Å². The van der Waals surface area contributed by atoms with Crippen LogP contribution in [0, 0.1) is 0 Å². The van der Waals surface area contributed by atoms with Crippen molar-refractivity contribution in [2.24, 2.45) is 0 Å². The lowest BCUT2D eigenvalue weighted by molar-refractivity contribution is 0.0505. The van der Waals surface area contributed by atoms with Gasteiger partial charge in [-0.2, -0.15) is 5.10 Å². The van der Waals surface area contributed by atoms with E-state index in [9.17, 15) is 5.11 Å². The molecule has 104 valence electrons. The summed E-state index contributed by atoms with van der Waals surface area (Å²) in [5.74, 6) is 0. The highest BCUT2D eigenvalue weighted by atomic mass is 16.3. The SMILES string of the molecule is CCNCCC(C)(O)Cc1ccn(C(C)CC)n1. The molecule has 0 bridgehead atoms. The first kappa shape index (κ1) is 15.2. The number of aliphatic hydroxyl groups is 1. The van der Waals surface area contributed by atoms with Crippen molar-refractivity contribution in [2.45, 2.75) is 58.6 Å². The highest BCUT2D eigenvalue weighted by molar-refractivity contribution is 5.03. The second-order valence-corrected chi connectivity index (χ2v) is 5.32. The Labute approximate surface area is 110 Å². The maximum Gasteiger partial charge on any atom is 0.0687 e. The smallest absolute Gasteiger partial charge is 0.0687 e. The number of hydrogen-bond donors (Lipinski definition) is 2. The molecular weight excluding hydrogens is 226 g/mol. The van der Waals surface area contributed by atoms with Gasteiger partial charge in [0, 0.05) is 18.7 Å². The van der Waals surface area contributed by atoms with Gasteiger partial charge in [0.1, 0.15) is 0 Å². The van der Waals surface area contributed by atoms with Crippen molar-refractivity contribution >= 4 is 0 Å². The van der Waals surface area contributed by atoms with E-state index in [1.54, 1.807) is 0 Å². The summed E-state index contributed by atoms with van der Waals surface area (Å²) in [6.45, 7) is 10.0. The highest BCUT2D eigenvalue weighted by Crippen LogP contribution is 2.17. The molecule has 1 rings (SSSR count). The molecule has 0 saturated carbocycles. The van der Waals surface area contributed by atoms with Gasteiger partial charge in [0.15, 0.2) is 0 Å². The van der Waals surface area contributed by atoms with Crippen LogP contribution in [-0.2, 0) is 6.42 Å². The molecule has 0 aliphatic rings. The van der Waals surface area contributed by atoms with Crippen molar-refractivity contribution in [2.75, 3.05) is 13.1 Å². The first-order valence-electron chi connectivity index (χ1n) is 6.95.